The molecule has 0 nitrogen and oxygen atoms in total. The molecule has 2 aliphatic rings. The van der Waals surface area contributed by atoms with Gasteiger partial charge in [-0.3, -0.25) is 0 Å². The molecule has 24 heavy (non-hydrogen) atoms. The maximum absolute atomic E-state index is 2.98. The van der Waals surface area contributed by atoms with Gasteiger partial charge in [-0.15, -0.1) is 24.8 Å². The third-order valence-electron chi connectivity index (χ3n) is 5.94. The summed E-state index contributed by atoms with van der Waals surface area (Å²) in [6, 6.07) is 0. The first kappa shape index (κ1) is 24.6. The second-order valence-corrected chi connectivity index (χ2v) is 37.8. The summed E-state index contributed by atoms with van der Waals surface area (Å²) in [6.07, 6.45) is 7.49. The van der Waals surface area contributed by atoms with Gasteiger partial charge in [-0.25, -0.2) is 0 Å². The first-order chi connectivity index (χ1) is 9.92. The van der Waals surface area contributed by atoms with Crippen molar-refractivity contribution in [3.8, 4) is 0 Å². The molecule has 0 saturated carbocycles. The maximum atomic E-state index is 2.67. The Kier molecular flexibility index (Phi) is 8.33. The molecule has 0 radical (unpaired) electrons. The van der Waals surface area contributed by atoms with Gasteiger partial charge in [-0.2, -0.15) is 0 Å². The van der Waals surface area contributed by atoms with Crippen LogP contribution in [-0.2, 0) is 17.4 Å². The molecule has 0 unspecified atom stereocenters. The molecular weight excluding hydrogens is 430 g/mol. The monoisotopic (exact) mass is 464 g/mol. The number of allylic oxidation sites excluding steroid dienone is 8. The molecular formula is C20H36Cl2SiZr. The summed E-state index contributed by atoms with van der Waals surface area (Å²) in [5, 5.41) is 0. The minimum Gasteiger partial charge on any atom is -0.147 e. The van der Waals surface area contributed by atoms with Gasteiger partial charge in [0.2, 0.25) is 0 Å². The van der Waals surface area contributed by atoms with E-state index in [1.807, 2.05) is 6.56 Å². The van der Waals surface area contributed by atoms with Crippen LogP contribution >= 0.6 is 24.8 Å². The van der Waals surface area contributed by atoms with Gasteiger partial charge in [0.1, 0.15) is 0 Å². The van der Waals surface area contributed by atoms with Crippen molar-refractivity contribution in [2.24, 2.45) is 11.8 Å². The first-order valence-corrected chi connectivity index (χ1v) is 22.1. The van der Waals surface area contributed by atoms with Crippen molar-refractivity contribution in [3.05, 3.63) is 41.0 Å². The van der Waals surface area contributed by atoms with Crippen molar-refractivity contribution < 1.29 is 17.4 Å². The molecule has 0 heterocycles. The SMILES string of the molecule is CC1=[C]([Zr]([CH3])([CH3])(=[SiH2])[C]2=C(C)C=C(C(C)C)C2)CC(C(C)C)=C1.Cl.Cl. The van der Waals surface area contributed by atoms with Crippen molar-refractivity contribution in [2.45, 2.75) is 63.6 Å². The van der Waals surface area contributed by atoms with E-state index in [2.05, 4.69) is 69.8 Å². The van der Waals surface area contributed by atoms with Crippen LogP contribution in [-0.4, -0.2) is 6.88 Å². The van der Waals surface area contributed by atoms with Gasteiger partial charge < -0.3 is 0 Å². The first-order valence-electron chi connectivity index (χ1n) is 8.81. The van der Waals surface area contributed by atoms with Crippen LogP contribution in [0.1, 0.15) is 54.4 Å². The fourth-order valence-corrected chi connectivity index (χ4v) is 20.3. The predicted octanol–water partition coefficient (Wildman–Crippen LogP) is 6.68. The summed E-state index contributed by atoms with van der Waals surface area (Å²) in [7, 11) is 0. The van der Waals surface area contributed by atoms with Crippen LogP contribution in [0.15, 0.2) is 41.0 Å². The van der Waals surface area contributed by atoms with Crippen LogP contribution in [0.3, 0.4) is 0 Å². The van der Waals surface area contributed by atoms with Gasteiger partial charge in [0, 0.05) is 0 Å². The zero-order chi connectivity index (χ0) is 16.9. The zero-order valence-electron chi connectivity index (χ0n) is 16.7. The van der Waals surface area contributed by atoms with E-state index >= 15 is 0 Å². The average molecular weight is 467 g/mol. The van der Waals surface area contributed by atoms with Crippen molar-refractivity contribution in [1.29, 1.82) is 0 Å². The van der Waals surface area contributed by atoms with Gasteiger partial charge in [0.15, 0.2) is 0 Å². The van der Waals surface area contributed by atoms with Gasteiger partial charge >= 0.3 is 141 Å². The molecule has 138 valence electrons. The standard InChI is InChI=1S/2C9H13.2CH3.2ClH.H2Si.Zr/c2*1-7(2)9-5-4-8(3)6-9;;;;;;/h2*6-7H,5H2,1-3H3;2*1H3;2*1H;1H2;. The Hall–Kier alpha value is 0.640. The Morgan fingerprint density at radius 1 is 0.792 bits per heavy atom. The molecule has 0 fully saturated rings. The van der Waals surface area contributed by atoms with Gasteiger partial charge in [-0.05, 0) is 0 Å². The van der Waals surface area contributed by atoms with E-state index in [0.717, 1.165) is 0 Å². The molecule has 2 rings (SSSR count). The van der Waals surface area contributed by atoms with E-state index < -0.39 is 17.4 Å². The van der Waals surface area contributed by atoms with Crippen molar-refractivity contribution in [2.75, 3.05) is 0 Å². The molecule has 0 saturated heterocycles. The topological polar surface area (TPSA) is 0 Å². The van der Waals surface area contributed by atoms with E-state index in [1.54, 1.807) is 22.3 Å². The summed E-state index contributed by atoms with van der Waals surface area (Å²) in [4.78, 5) is 0. The molecule has 0 aliphatic heterocycles. The molecule has 0 bridgehead atoms. The third-order valence-corrected chi connectivity index (χ3v) is 23.3. The van der Waals surface area contributed by atoms with E-state index in [9.17, 15) is 0 Å². The largest absolute Gasteiger partial charge is 0.147 e. The Morgan fingerprint density at radius 2 is 1.08 bits per heavy atom. The van der Waals surface area contributed by atoms with Crippen molar-refractivity contribution >= 4 is 31.7 Å². The predicted molar refractivity (Wildman–Crippen MR) is 115 cm³/mol. The molecule has 0 N–H and O–H groups in total. The molecule has 0 aromatic carbocycles. The van der Waals surface area contributed by atoms with E-state index in [-0.39, 0.29) is 24.8 Å². The fourth-order valence-electron chi connectivity index (χ4n) is 4.27. The van der Waals surface area contributed by atoms with Gasteiger partial charge in [0.05, 0.1) is 0 Å². The second-order valence-electron chi connectivity index (χ2n) is 9.11. The Morgan fingerprint density at radius 3 is 1.29 bits per heavy atom. The van der Waals surface area contributed by atoms with Crippen LogP contribution < -0.4 is 0 Å². The third kappa shape index (κ3) is 4.48. The van der Waals surface area contributed by atoms with E-state index in [0.29, 0.717) is 11.8 Å². The Bertz CT molecular complexity index is 643. The van der Waals surface area contributed by atoms with E-state index in [4.69, 9.17) is 0 Å². The molecule has 4 heteroatoms. The molecule has 0 spiro atoms. The summed E-state index contributed by atoms with van der Waals surface area (Å²) in [6.45, 7) is 16.5. The number of hydrogen-bond acceptors (Lipinski definition) is 0. The molecule has 2 aliphatic carbocycles. The van der Waals surface area contributed by atoms with Crippen molar-refractivity contribution in [3.63, 3.8) is 0 Å². The van der Waals surface area contributed by atoms with Crippen LogP contribution in [0.5, 0.6) is 0 Å². The van der Waals surface area contributed by atoms with Crippen LogP contribution in [0.25, 0.3) is 0 Å². The Balaban J connectivity index is 0.00000264. The van der Waals surface area contributed by atoms with E-state index in [1.165, 1.54) is 12.8 Å². The molecule has 0 amide bonds. The summed E-state index contributed by atoms with van der Waals surface area (Å²) < 4.78 is 9.03. The molecule has 0 aromatic rings. The molecule has 0 aromatic heterocycles. The number of rotatable bonds is 4. The minimum absolute atomic E-state index is 0. The second kappa shape index (κ2) is 8.12. The Labute approximate surface area is 164 Å². The minimum atomic E-state index is -2.98. The van der Waals surface area contributed by atoms with Gasteiger partial charge in [0.25, 0.3) is 0 Å². The zero-order valence-corrected chi connectivity index (χ0v) is 22.3. The quantitative estimate of drug-likeness (QED) is 0.405. The number of halogens is 2. The smallest absolute Gasteiger partial charge is 0.147 e. The fraction of sp³-hybridized carbons (Fsp3) is 0.600. The summed E-state index contributed by atoms with van der Waals surface area (Å²) in [5.41, 5.74) is 6.48. The maximum Gasteiger partial charge on any atom is -0.147 e. The van der Waals surface area contributed by atoms with Crippen LogP contribution in [0, 0.1) is 11.8 Å². The number of hydrogen-bond donors (Lipinski definition) is 0. The van der Waals surface area contributed by atoms with Crippen molar-refractivity contribution in [1.82, 2.24) is 0 Å². The van der Waals surface area contributed by atoms with Crippen LogP contribution in [0.2, 0.25) is 9.26 Å². The average Bonchev–Trinajstić information content (AvgIpc) is 2.93. The van der Waals surface area contributed by atoms with Crippen LogP contribution in [0.4, 0.5) is 0 Å². The van der Waals surface area contributed by atoms with Gasteiger partial charge in [-0.1, -0.05) is 0 Å². The summed E-state index contributed by atoms with van der Waals surface area (Å²) in [5.74, 6) is 1.37. The molecule has 0 atom stereocenters. The summed E-state index contributed by atoms with van der Waals surface area (Å²) >= 11 is -2.98. The normalized spacial score (nSPS) is 18.8.